The molecule has 1 unspecified atom stereocenters. The largest absolute Gasteiger partial charge is 0.397 e. The molecule has 0 radical (unpaired) electrons. The van der Waals surface area contributed by atoms with Crippen LogP contribution in [0.5, 0.6) is 0 Å². The van der Waals surface area contributed by atoms with Crippen molar-refractivity contribution in [2.45, 2.75) is 6.92 Å². The highest BCUT2D eigenvalue weighted by molar-refractivity contribution is 9.10. The van der Waals surface area contributed by atoms with Gasteiger partial charge < -0.3 is 16.0 Å². The van der Waals surface area contributed by atoms with Crippen molar-refractivity contribution in [2.24, 2.45) is 5.92 Å². The zero-order valence-corrected chi connectivity index (χ0v) is 11.9. The molecule has 5 heteroatoms. The van der Waals surface area contributed by atoms with Crippen molar-refractivity contribution in [1.29, 1.82) is 0 Å². The van der Waals surface area contributed by atoms with Crippen molar-refractivity contribution in [3.63, 3.8) is 0 Å². The Kier molecular flexibility index (Phi) is 4.81. The summed E-state index contributed by atoms with van der Waals surface area (Å²) >= 11 is 3.37. The summed E-state index contributed by atoms with van der Waals surface area (Å²) in [5.41, 5.74) is 7.57. The van der Waals surface area contributed by atoms with Crippen LogP contribution in [0.25, 0.3) is 0 Å². The minimum atomic E-state index is -0.0759. The number of hydrogen-bond donors (Lipinski definition) is 2. The summed E-state index contributed by atoms with van der Waals surface area (Å²) < 4.78 is 0.950. The predicted molar refractivity (Wildman–Crippen MR) is 75.1 cm³/mol. The summed E-state index contributed by atoms with van der Waals surface area (Å²) in [7, 11) is 3.58. The Morgan fingerprint density at radius 3 is 2.76 bits per heavy atom. The molecule has 17 heavy (non-hydrogen) atoms. The zero-order valence-electron chi connectivity index (χ0n) is 10.3. The van der Waals surface area contributed by atoms with Gasteiger partial charge in [0, 0.05) is 25.1 Å². The predicted octanol–water partition coefficient (Wildman–Crippen LogP) is 1.85. The van der Waals surface area contributed by atoms with Crippen molar-refractivity contribution in [3.8, 4) is 0 Å². The molecule has 0 fully saturated rings. The van der Waals surface area contributed by atoms with Crippen LogP contribution in [0.1, 0.15) is 6.92 Å². The van der Waals surface area contributed by atoms with Gasteiger partial charge in [-0.25, -0.2) is 0 Å². The second-order valence-corrected chi connectivity index (χ2v) is 5.01. The quantitative estimate of drug-likeness (QED) is 0.834. The van der Waals surface area contributed by atoms with Gasteiger partial charge >= 0.3 is 0 Å². The molecule has 0 aliphatic heterocycles. The van der Waals surface area contributed by atoms with Gasteiger partial charge in [-0.05, 0) is 18.2 Å². The van der Waals surface area contributed by atoms with Crippen molar-refractivity contribution in [3.05, 3.63) is 22.7 Å². The number of halogens is 1. The molecule has 0 aliphatic rings. The highest BCUT2D eigenvalue weighted by Gasteiger charge is 2.15. The Hall–Kier alpha value is -1.23. The monoisotopic (exact) mass is 299 g/mol. The third kappa shape index (κ3) is 3.63. The molecule has 0 aliphatic carbocycles. The van der Waals surface area contributed by atoms with E-state index in [1.807, 2.05) is 37.1 Å². The molecular formula is C12H18BrN3O. The Balaban J connectivity index is 2.76. The summed E-state index contributed by atoms with van der Waals surface area (Å²) in [6, 6.07) is 5.74. The van der Waals surface area contributed by atoms with Gasteiger partial charge in [0.2, 0.25) is 5.91 Å². The molecule has 0 bridgehead atoms. The first-order chi connectivity index (χ1) is 7.95. The normalized spacial score (nSPS) is 12.0. The molecule has 0 spiro atoms. The topological polar surface area (TPSA) is 58.4 Å². The Bertz CT molecular complexity index is 409. The van der Waals surface area contributed by atoms with Gasteiger partial charge in [0.15, 0.2) is 0 Å². The van der Waals surface area contributed by atoms with Gasteiger partial charge in [0.05, 0.1) is 17.3 Å². The minimum absolute atomic E-state index is 0.0348. The highest BCUT2D eigenvalue weighted by Crippen LogP contribution is 2.26. The molecular weight excluding hydrogens is 282 g/mol. The lowest BCUT2D eigenvalue weighted by Crippen LogP contribution is -2.34. The van der Waals surface area contributed by atoms with E-state index in [0.717, 1.165) is 10.2 Å². The van der Waals surface area contributed by atoms with Crippen LogP contribution in [0.3, 0.4) is 0 Å². The lowest BCUT2D eigenvalue weighted by molar-refractivity contribution is -0.123. The molecule has 0 saturated carbocycles. The van der Waals surface area contributed by atoms with Gasteiger partial charge in [0.1, 0.15) is 0 Å². The van der Waals surface area contributed by atoms with E-state index in [-0.39, 0.29) is 11.8 Å². The third-order valence-corrected chi connectivity index (χ3v) is 3.14. The van der Waals surface area contributed by atoms with Gasteiger partial charge in [0.25, 0.3) is 0 Å². The van der Waals surface area contributed by atoms with E-state index >= 15 is 0 Å². The fourth-order valence-electron chi connectivity index (χ4n) is 1.71. The molecule has 4 nitrogen and oxygen atoms in total. The lowest BCUT2D eigenvalue weighted by Gasteiger charge is -2.24. The maximum atomic E-state index is 11.4. The van der Waals surface area contributed by atoms with E-state index in [0.29, 0.717) is 12.2 Å². The van der Waals surface area contributed by atoms with E-state index in [2.05, 4.69) is 21.2 Å². The van der Waals surface area contributed by atoms with Crippen LogP contribution in [-0.2, 0) is 4.79 Å². The number of amides is 1. The summed E-state index contributed by atoms with van der Waals surface area (Å²) in [5.74, 6) is -0.0411. The fraction of sp³-hybridized carbons (Fsp3) is 0.417. The summed E-state index contributed by atoms with van der Waals surface area (Å²) in [6.07, 6.45) is 0. The summed E-state index contributed by atoms with van der Waals surface area (Å²) in [5, 5.41) is 2.64. The van der Waals surface area contributed by atoms with Crippen LogP contribution in [0.4, 0.5) is 11.4 Å². The van der Waals surface area contributed by atoms with Gasteiger partial charge in [-0.2, -0.15) is 0 Å². The second kappa shape index (κ2) is 5.91. The van der Waals surface area contributed by atoms with Gasteiger partial charge in [-0.15, -0.1) is 0 Å². The number of anilines is 2. The molecule has 0 aromatic heterocycles. The molecule has 0 heterocycles. The molecule has 1 atom stereocenters. The standard InChI is InChI=1S/C12H18BrN3O/c1-8(12(17)15-2)7-16(3)11-5-4-9(13)6-10(11)14/h4-6,8H,7,14H2,1-3H3,(H,15,17). The lowest BCUT2D eigenvalue weighted by atomic mass is 10.1. The fourth-order valence-corrected chi connectivity index (χ4v) is 2.09. The van der Waals surface area contributed by atoms with Crippen molar-refractivity contribution < 1.29 is 4.79 Å². The molecule has 1 aromatic carbocycles. The molecule has 1 aromatic rings. The van der Waals surface area contributed by atoms with Gasteiger partial charge in [-0.3, -0.25) is 4.79 Å². The molecule has 1 amide bonds. The average molecular weight is 300 g/mol. The molecule has 0 saturated heterocycles. The Morgan fingerprint density at radius 2 is 2.24 bits per heavy atom. The first kappa shape index (κ1) is 13.8. The number of nitrogens with two attached hydrogens (primary N) is 1. The number of carbonyl (C=O) groups is 1. The van der Waals surface area contributed by atoms with Gasteiger partial charge in [-0.1, -0.05) is 22.9 Å². The summed E-state index contributed by atoms with van der Waals surface area (Å²) in [6.45, 7) is 2.52. The second-order valence-electron chi connectivity index (χ2n) is 4.10. The molecule has 1 rings (SSSR count). The van der Waals surface area contributed by atoms with Crippen LogP contribution in [0, 0.1) is 5.92 Å². The SMILES string of the molecule is CNC(=O)C(C)CN(C)c1ccc(Br)cc1N. The van der Waals surface area contributed by atoms with Crippen LogP contribution in [0.2, 0.25) is 0 Å². The smallest absolute Gasteiger partial charge is 0.224 e. The van der Waals surface area contributed by atoms with Crippen LogP contribution in [0.15, 0.2) is 22.7 Å². The maximum Gasteiger partial charge on any atom is 0.224 e. The first-order valence-corrected chi connectivity index (χ1v) is 6.22. The number of hydrogen-bond acceptors (Lipinski definition) is 3. The number of rotatable bonds is 4. The highest BCUT2D eigenvalue weighted by atomic mass is 79.9. The van der Waals surface area contributed by atoms with E-state index in [1.165, 1.54) is 0 Å². The van der Waals surface area contributed by atoms with E-state index < -0.39 is 0 Å². The van der Waals surface area contributed by atoms with Crippen molar-refractivity contribution in [2.75, 3.05) is 31.3 Å². The molecule has 3 N–H and O–H groups in total. The average Bonchev–Trinajstić information content (AvgIpc) is 2.27. The number of benzene rings is 1. The molecule has 94 valence electrons. The number of nitrogens with one attached hydrogen (secondary N) is 1. The van der Waals surface area contributed by atoms with E-state index in [4.69, 9.17) is 5.73 Å². The summed E-state index contributed by atoms with van der Waals surface area (Å²) in [4.78, 5) is 13.4. The number of nitrogen functional groups attached to an aromatic ring is 1. The Labute approximate surface area is 110 Å². The van der Waals surface area contributed by atoms with Crippen LogP contribution < -0.4 is 16.0 Å². The maximum absolute atomic E-state index is 11.4. The van der Waals surface area contributed by atoms with Crippen molar-refractivity contribution in [1.82, 2.24) is 5.32 Å². The third-order valence-electron chi connectivity index (χ3n) is 2.64. The first-order valence-electron chi connectivity index (χ1n) is 5.43. The zero-order chi connectivity index (χ0) is 13.0. The van der Waals surface area contributed by atoms with E-state index in [1.54, 1.807) is 7.05 Å². The number of carbonyl (C=O) groups excluding carboxylic acids is 1. The van der Waals surface area contributed by atoms with Crippen LogP contribution in [-0.4, -0.2) is 26.5 Å². The van der Waals surface area contributed by atoms with E-state index in [9.17, 15) is 4.79 Å². The minimum Gasteiger partial charge on any atom is -0.397 e. The van der Waals surface area contributed by atoms with Crippen LogP contribution >= 0.6 is 15.9 Å². The number of nitrogens with zero attached hydrogens (tertiary/aromatic N) is 1. The Morgan fingerprint density at radius 1 is 1.59 bits per heavy atom. The van der Waals surface area contributed by atoms with Crippen molar-refractivity contribution >= 4 is 33.2 Å².